The molecular formula is C16H26N2O. The summed E-state index contributed by atoms with van der Waals surface area (Å²) in [7, 11) is 0. The van der Waals surface area contributed by atoms with Crippen molar-refractivity contribution in [3.8, 4) is 0 Å². The van der Waals surface area contributed by atoms with Gasteiger partial charge in [0.1, 0.15) is 0 Å². The maximum atomic E-state index is 6.11. The van der Waals surface area contributed by atoms with E-state index >= 15 is 0 Å². The lowest BCUT2D eigenvalue weighted by Crippen LogP contribution is -2.48. The van der Waals surface area contributed by atoms with Crippen LogP contribution in [0.2, 0.25) is 0 Å². The molecule has 1 fully saturated rings. The molecule has 2 rings (SSSR count). The Labute approximate surface area is 116 Å². The van der Waals surface area contributed by atoms with Gasteiger partial charge in [-0.15, -0.1) is 0 Å². The van der Waals surface area contributed by atoms with Crippen molar-refractivity contribution in [2.45, 2.75) is 45.3 Å². The highest BCUT2D eigenvalue weighted by molar-refractivity contribution is 5.54. The minimum atomic E-state index is -0.0712. The summed E-state index contributed by atoms with van der Waals surface area (Å²) in [6.07, 6.45) is 1.97. The van der Waals surface area contributed by atoms with Crippen LogP contribution in [-0.2, 0) is 11.2 Å². The first kappa shape index (κ1) is 14.4. The van der Waals surface area contributed by atoms with Crippen LogP contribution in [0, 0.1) is 0 Å². The van der Waals surface area contributed by atoms with Gasteiger partial charge in [0.05, 0.1) is 12.2 Å². The lowest BCUT2D eigenvalue weighted by atomic mass is 10.0. The zero-order valence-electron chi connectivity index (χ0n) is 12.4. The van der Waals surface area contributed by atoms with E-state index in [0.717, 1.165) is 32.5 Å². The van der Waals surface area contributed by atoms with Crippen LogP contribution in [0.25, 0.3) is 0 Å². The lowest BCUT2D eigenvalue weighted by Gasteiger charge is -2.40. The summed E-state index contributed by atoms with van der Waals surface area (Å²) < 4.78 is 5.79. The van der Waals surface area contributed by atoms with Crippen molar-refractivity contribution >= 4 is 5.69 Å². The maximum Gasteiger partial charge on any atom is 0.0801 e. The average molecular weight is 262 g/mol. The monoisotopic (exact) mass is 262 g/mol. The first-order chi connectivity index (χ1) is 9.02. The van der Waals surface area contributed by atoms with E-state index in [1.54, 1.807) is 0 Å². The first-order valence-electron chi connectivity index (χ1n) is 7.24. The lowest BCUT2D eigenvalue weighted by molar-refractivity contribution is -0.0277. The number of hydrogen-bond acceptors (Lipinski definition) is 3. The predicted octanol–water partition coefficient (Wildman–Crippen LogP) is 2.58. The number of ether oxygens (including phenoxy) is 1. The molecule has 106 valence electrons. The molecule has 0 radical (unpaired) electrons. The molecular weight excluding hydrogens is 236 g/mol. The molecule has 0 amide bonds. The fourth-order valence-electron chi connectivity index (χ4n) is 2.64. The van der Waals surface area contributed by atoms with Gasteiger partial charge in [0.25, 0.3) is 0 Å². The van der Waals surface area contributed by atoms with Gasteiger partial charge in [-0.05, 0) is 38.3 Å². The molecule has 1 atom stereocenters. The van der Waals surface area contributed by atoms with Crippen LogP contribution in [0.15, 0.2) is 24.3 Å². The van der Waals surface area contributed by atoms with Crippen LogP contribution >= 0.6 is 0 Å². The van der Waals surface area contributed by atoms with E-state index in [0.29, 0.717) is 0 Å². The van der Waals surface area contributed by atoms with Gasteiger partial charge in [-0.25, -0.2) is 0 Å². The quantitative estimate of drug-likeness (QED) is 0.906. The van der Waals surface area contributed by atoms with Crippen molar-refractivity contribution < 1.29 is 4.74 Å². The topological polar surface area (TPSA) is 38.5 Å². The van der Waals surface area contributed by atoms with Crippen LogP contribution in [0.5, 0.6) is 0 Å². The van der Waals surface area contributed by atoms with Gasteiger partial charge in [0.2, 0.25) is 0 Å². The molecule has 1 aliphatic heterocycles. The van der Waals surface area contributed by atoms with Crippen molar-refractivity contribution in [2.75, 3.05) is 24.6 Å². The highest BCUT2D eigenvalue weighted by atomic mass is 16.5. The minimum absolute atomic E-state index is 0.0712. The van der Waals surface area contributed by atoms with Gasteiger partial charge in [-0.1, -0.05) is 25.1 Å². The van der Waals surface area contributed by atoms with E-state index in [1.165, 1.54) is 11.3 Å². The first-order valence-corrected chi connectivity index (χ1v) is 7.24. The maximum absolute atomic E-state index is 6.11. The average Bonchev–Trinajstić information content (AvgIpc) is 2.38. The molecule has 0 saturated carbocycles. The fraction of sp³-hybridized carbons (Fsp3) is 0.625. The van der Waals surface area contributed by atoms with Crippen molar-refractivity contribution in [3.63, 3.8) is 0 Å². The molecule has 0 spiro atoms. The summed E-state index contributed by atoms with van der Waals surface area (Å²) in [6, 6.07) is 8.87. The normalized spacial score (nSPS) is 20.3. The molecule has 1 aromatic carbocycles. The van der Waals surface area contributed by atoms with Gasteiger partial charge in [-0.3, -0.25) is 0 Å². The summed E-state index contributed by atoms with van der Waals surface area (Å²) in [6.45, 7) is 9.14. The van der Waals surface area contributed by atoms with E-state index in [2.05, 4.69) is 49.9 Å². The number of hydrogen-bond donors (Lipinski definition) is 1. The van der Waals surface area contributed by atoms with Crippen molar-refractivity contribution in [3.05, 3.63) is 29.8 Å². The molecule has 1 heterocycles. The molecule has 1 unspecified atom stereocenters. The number of para-hydroxylation sites is 1. The molecule has 19 heavy (non-hydrogen) atoms. The summed E-state index contributed by atoms with van der Waals surface area (Å²) >= 11 is 0. The molecule has 0 aliphatic carbocycles. The Kier molecular flexibility index (Phi) is 4.48. The van der Waals surface area contributed by atoms with Gasteiger partial charge in [0.15, 0.2) is 0 Å². The number of nitrogens with zero attached hydrogens (tertiary/aromatic N) is 1. The molecule has 1 saturated heterocycles. The van der Waals surface area contributed by atoms with Crippen LogP contribution < -0.4 is 10.6 Å². The highest BCUT2D eigenvalue weighted by Gasteiger charge is 2.28. The smallest absolute Gasteiger partial charge is 0.0801 e. The molecule has 1 aliphatic rings. The van der Waals surface area contributed by atoms with E-state index in [4.69, 9.17) is 10.5 Å². The van der Waals surface area contributed by atoms with Gasteiger partial charge < -0.3 is 15.4 Å². The summed E-state index contributed by atoms with van der Waals surface area (Å²) in [5.41, 5.74) is 8.72. The summed E-state index contributed by atoms with van der Waals surface area (Å²) in [5, 5.41) is 0. The van der Waals surface area contributed by atoms with E-state index in [-0.39, 0.29) is 11.6 Å². The second-order valence-electron chi connectivity index (χ2n) is 6.03. The molecule has 0 aromatic heterocycles. The third-order valence-corrected chi connectivity index (χ3v) is 3.76. The van der Waals surface area contributed by atoms with Gasteiger partial charge >= 0.3 is 0 Å². The van der Waals surface area contributed by atoms with E-state index in [9.17, 15) is 0 Å². The fourth-order valence-corrected chi connectivity index (χ4v) is 2.64. The van der Waals surface area contributed by atoms with Crippen LogP contribution in [0.4, 0.5) is 5.69 Å². The van der Waals surface area contributed by atoms with Crippen LogP contribution in [-0.4, -0.2) is 31.3 Å². The van der Waals surface area contributed by atoms with E-state index < -0.39 is 0 Å². The predicted molar refractivity (Wildman–Crippen MR) is 80.7 cm³/mol. The van der Waals surface area contributed by atoms with Crippen molar-refractivity contribution in [2.24, 2.45) is 5.73 Å². The van der Waals surface area contributed by atoms with Crippen LogP contribution in [0.1, 0.15) is 32.8 Å². The number of nitrogens with two attached hydrogens (primary N) is 1. The second kappa shape index (κ2) is 5.93. The Bertz CT molecular complexity index is 417. The highest BCUT2D eigenvalue weighted by Crippen LogP contribution is 2.27. The number of anilines is 1. The largest absolute Gasteiger partial charge is 0.372 e. The Morgan fingerprint density at radius 1 is 1.37 bits per heavy atom. The number of rotatable bonds is 4. The Balaban J connectivity index is 2.19. The zero-order valence-corrected chi connectivity index (χ0v) is 12.4. The second-order valence-corrected chi connectivity index (χ2v) is 6.03. The van der Waals surface area contributed by atoms with E-state index in [1.807, 2.05) is 0 Å². The molecule has 3 nitrogen and oxygen atoms in total. The molecule has 2 N–H and O–H groups in total. The minimum Gasteiger partial charge on any atom is -0.372 e. The zero-order chi connectivity index (χ0) is 13.9. The summed E-state index contributed by atoms with van der Waals surface area (Å²) in [5.74, 6) is 0. The Morgan fingerprint density at radius 3 is 2.79 bits per heavy atom. The number of benzene rings is 1. The van der Waals surface area contributed by atoms with Crippen molar-refractivity contribution in [1.29, 1.82) is 0 Å². The third kappa shape index (κ3) is 3.71. The van der Waals surface area contributed by atoms with Crippen LogP contribution in [0.3, 0.4) is 0 Å². The summed E-state index contributed by atoms with van der Waals surface area (Å²) in [4.78, 5) is 2.43. The number of morpholine rings is 1. The Hall–Kier alpha value is -1.06. The standard InChI is InChI=1S/C16H26N2O/c1-4-14(17)11-13-7-5-6-8-15(13)18-9-10-19-16(2,3)12-18/h5-8,14H,4,9-12,17H2,1-3H3. The Morgan fingerprint density at radius 2 is 2.11 bits per heavy atom. The molecule has 1 aromatic rings. The van der Waals surface area contributed by atoms with Crippen molar-refractivity contribution in [1.82, 2.24) is 0 Å². The molecule has 0 bridgehead atoms. The molecule has 3 heteroatoms. The SMILES string of the molecule is CCC(N)Cc1ccccc1N1CCOC(C)(C)C1. The van der Waals surface area contributed by atoms with Gasteiger partial charge in [-0.2, -0.15) is 0 Å². The van der Waals surface area contributed by atoms with Gasteiger partial charge in [0, 0.05) is 24.8 Å². The third-order valence-electron chi connectivity index (χ3n) is 3.76.